The van der Waals surface area contributed by atoms with Gasteiger partial charge in [-0.15, -0.1) is 0 Å². The molecule has 0 unspecified atom stereocenters. The lowest BCUT2D eigenvalue weighted by Gasteiger charge is -2.38. The van der Waals surface area contributed by atoms with Crippen LogP contribution in [0.5, 0.6) is 0 Å². The SMILES string of the molecule is C=C/C=C\c1c(C)c2c(c(N(c3ccccc3)c3ccc4c(c3)c3ccccc3n4C(/C=C\C)=C/C=C)c1N(c1ccccc1)c1ccc3c(c1)c1ccccc1n3-c1ccccc1)C=CCC2. The van der Waals surface area contributed by atoms with Gasteiger partial charge in [0, 0.05) is 66.8 Å². The molecule has 4 heteroatoms. The number of fused-ring (bicyclic) bond motifs is 7. The second-order valence-electron chi connectivity index (χ2n) is 17.3. The molecule has 1 aliphatic rings. The van der Waals surface area contributed by atoms with Crippen molar-refractivity contribution in [3.05, 3.63) is 254 Å². The van der Waals surface area contributed by atoms with Crippen LogP contribution in [0.25, 0.3) is 67.1 Å². The van der Waals surface area contributed by atoms with Crippen LogP contribution in [-0.2, 0) is 6.42 Å². The van der Waals surface area contributed by atoms with Gasteiger partial charge in [-0.25, -0.2) is 0 Å². The van der Waals surface area contributed by atoms with Gasteiger partial charge in [0.2, 0.25) is 0 Å². The van der Waals surface area contributed by atoms with E-state index in [9.17, 15) is 0 Å². The van der Waals surface area contributed by atoms with Crippen molar-refractivity contribution in [3.63, 3.8) is 0 Å². The van der Waals surface area contributed by atoms with Crippen LogP contribution in [0.4, 0.5) is 34.1 Å². The third-order valence-corrected chi connectivity index (χ3v) is 13.4. The van der Waals surface area contributed by atoms with Crippen LogP contribution in [-0.4, -0.2) is 9.13 Å². The quantitative estimate of drug-likeness (QED) is 0.114. The van der Waals surface area contributed by atoms with Crippen molar-refractivity contribution in [1.82, 2.24) is 9.13 Å². The molecular formula is C64H52N4. The van der Waals surface area contributed by atoms with E-state index in [2.05, 4.69) is 264 Å². The van der Waals surface area contributed by atoms with Crippen LogP contribution in [0.15, 0.2) is 232 Å². The number of benzene rings is 8. The van der Waals surface area contributed by atoms with Crippen LogP contribution in [0, 0.1) is 6.92 Å². The predicted octanol–water partition coefficient (Wildman–Crippen LogP) is 17.9. The lowest BCUT2D eigenvalue weighted by Crippen LogP contribution is -2.21. The summed E-state index contributed by atoms with van der Waals surface area (Å²) in [6, 6.07) is 63.9. The summed E-state index contributed by atoms with van der Waals surface area (Å²) in [5, 5.41) is 4.75. The molecule has 0 saturated carbocycles. The lowest BCUT2D eigenvalue weighted by atomic mass is 9.85. The normalized spacial score (nSPS) is 12.8. The Morgan fingerprint density at radius 1 is 0.559 bits per heavy atom. The van der Waals surface area contributed by atoms with Crippen LogP contribution in [0.3, 0.4) is 0 Å². The minimum Gasteiger partial charge on any atom is -0.309 e. The maximum Gasteiger partial charge on any atom is 0.0784 e. The predicted molar refractivity (Wildman–Crippen MR) is 294 cm³/mol. The van der Waals surface area contributed by atoms with Gasteiger partial charge >= 0.3 is 0 Å². The van der Waals surface area contributed by atoms with Gasteiger partial charge < -0.3 is 18.9 Å². The van der Waals surface area contributed by atoms with Crippen molar-refractivity contribution in [1.29, 1.82) is 0 Å². The van der Waals surface area contributed by atoms with Crippen molar-refractivity contribution < 1.29 is 0 Å². The molecule has 0 saturated heterocycles. The van der Waals surface area contributed by atoms with Crippen LogP contribution < -0.4 is 9.80 Å². The van der Waals surface area contributed by atoms with Gasteiger partial charge in [0.1, 0.15) is 0 Å². The number of hydrogen-bond donors (Lipinski definition) is 0. The van der Waals surface area contributed by atoms with E-state index in [0.29, 0.717) is 0 Å². The first kappa shape index (κ1) is 42.1. The average molecular weight is 877 g/mol. The summed E-state index contributed by atoms with van der Waals surface area (Å²) in [6.45, 7) is 12.6. The molecule has 0 radical (unpaired) electrons. The largest absolute Gasteiger partial charge is 0.309 e. The Kier molecular flexibility index (Phi) is 11.1. The molecule has 0 aliphatic heterocycles. The fraction of sp³-hybridized carbons (Fsp3) is 0.0625. The first-order valence-electron chi connectivity index (χ1n) is 23.5. The zero-order valence-corrected chi connectivity index (χ0v) is 38.6. The van der Waals surface area contributed by atoms with Gasteiger partial charge in [-0.2, -0.15) is 0 Å². The molecule has 1 aliphatic carbocycles. The molecular weight excluding hydrogens is 825 g/mol. The molecule has 328 valence electrons. The van der Waals surface area contributed by atoms with Crippen molar-refractivity contribution >= 4 is 95.6 Å². The van der Waals surface area contributed by atoms with Gasteiger partial charge in [0.15, 0.2) is 0 Å². The molecule has 0 bridgehead atoms. The maximum atomic E-state index is 4.18. The Morgan fingerprint density at radius 3 is 1.75 bits per heavy atom. The minimum atomic E-state index is 0.939. The molecule has 8 aromatic carbocycles. The van der Waals surface area contributed by atoms with Crippen LogP contribution in [0.1, 0.15) is 35.6 Å². The highest BCUT2D eigenvalue weighted by Gasteiger charge is 2.32. The molecule has 0 fully saturated rings. The number of hydrogen-bond acceptors (Lipinski definition) is 2. The zero-order valence-electron chi connectivity index (χ0n) is 38.6. The molecule has 11 rings (SSSR count). The summed E-state index contributed by atoms with van der Waals surface area (Å²) in [4.78, 5) is 4.99. The summed E-state index contributed by atoms with van der Waals surface area (Å²) < 4.78 is 4.74. The monoisotopic (exact) mass is 876 g/mol. The second kappa shape index (κ2) is 18.0. The first-order chi connectivity index (χ1) is 33.6. The Balaban J connectivity index is 1.26. The standard InChI is InChI=1S/C64H52N4/c1-5-8-32-53-45(4)52-33-18-19-36-56(52)64(66(48-28-14-10-15-29-48)51-40-41-61-57(44-51)54-34-20-22-37-59(54)67(61)46(24-6-2)25-7-3)63(53)65(47-26-12-9-13-27-47)50-39-42-62-58(43-50)55-35-21-23-38-60(55)68(62)49-30-16-11-17-31-49/h5-17,19-32,34-44H,1-2,18,33H2,3-4H3/b25-7-,32-8-,46-24+. The van der Waals surface area contributed by atoms with Gasteiger partial charge in [0.05, 0.1) is 33.4 Å². The van der Waals surface area contributed by atoms with Crippen molar-refractivity contribution in [2.24, 2.45) is 0 Å². The van der Waals surface area contributed by atoms with Crippen molar-refractivity contribution in [2.45, 2.75) is 26.7 Å². The number of allylic oxidation sites excluding steroid dienone is 8. The summed E-state index contributed by atoms with van der Waals surface area (Å²) >= 11 is 0. The molecule has 0 N–H and O–H groups in total. The van der Waals surface area contributed by atoms with Crippen molar-refractivity contribution in [3.8, 4) is 5.69 Å². The summed E-state index contributed by atoms with van der Waals surface area (Å²) in [5.41, 5.74) is 18.2. The Bertz CT molecular complexity index is 3670. The van der Waals surface area contributed by atoms with Crippen LogP contribution in [0.2, 0.25) is 0 Å². The first-order valence-corrected chi connectivity index (χ1v) is 23.5. The molecule has 0 amide bonds. The van der Waals surface area contributed by atoms with Gasteiger partial charge in [-0.1, -0.05) is 147 Å². The van der Waals surface area contributed by atoms with Gasteiger partial charge in [-0.3, -0.25) is 0 Å². The lowest BCUT2D eigenvalue weighted by molar-refractivity contribution is 0.966. The summed E-state index contributed by atoms with van der Waals surface area (Å²) in [7, 11) is 0. The Morgan fingerprint density at radius 2 is 1.10 bits per heavy atom. The Hall–Kier alpha value is -8.60. The van der Waals surface area contributed by atoms with E-state index in [1.165, 1.54) is 43.8 Å². The fourth-order valence-corrected chi connectivity index (χ4v) is 10.5. The molecule has 4 nitrogen and oxygen atoms in total. The maximum absolute atomic E-state index is 4.18. The number of anilines is 6. The minimum absolute atomic E-state index is 0.939. The third kappa shape index (κ3) is 7.10. The average Bonchev–Trinajstić information content (AvgIpc) is 3.90. The molecule has 0 atom stereocenters. The summed E-state index contributed by atoms with van der Waals surface area (Å²) in [5.74, 6) is 0. The van der Waals surface area contributed by atoms with Gasteiger partial charge in [0.25, 0.3) is 0 Å². The highest BCUT2D eigenvalue weighted by molar-refractivity contribution is 6.14. The fourth-order valence-electron chi connectivity index (χ4n) is 10.5. The Labute approximate surface area is 398 Å². The third-order valence-electron chi connectivity index (χ3n) is 13.4. The van der Waals surface area contributed by atoms with Gasteiger partial charge in [-0.05, 0) is 135 Å². The van der Waals surface area contributed by atoms with E-state index in [1.54, 1.807) is 0 Å². The number of para-hydroxylation sites is 5. The van der Waals surface area contributed by atoms with E-state index >= 15 is 0 Å². The molecule has 0 spiro atoms. The number of aromatic nitrogens is 2. The van der Waals surface area contributed by atoms with E-state index in [0.717, 1.165) is 80.5 Å². The van der Waals surface area contributed by atoms with Crippen LogP contribution >= 0.6 is 0 Å². The highest BCUT2D eigenvalue weighted by Crippen LogP contribution is 2.54. The van der Waals surface area contributed by atoms with E-state index in [4.69, 9.17) is 0 Å². The molecule has 10 aromatic rings. The highest BCUT2D eigenvalue weighted by atomic mass is 15.2. The number of nitrogens with zero attached hydrogens (tertiary/aromatic N) is 4. The summed E-state index contributed by atoms with van der Waals surface area (Å²) in [6.07, 6.45) is 21.1. The smallest absolute Gasteiger partial charge is 0.0784 e. The van der Waals surface area contributed by atoms with E-state index in [-0.39, 0.29) is 0 Å². The molecule has 2 aromatic heterocycles. The molecule has 2 heterocycles. The van der Waals surface area contributed by atoms with E-state index < -0.39 is 0 Å². The number of rotatable bonds is 12. The second-order valence-corrected chi connectivity index (χ2v) is 17.3. The topological polar surface area (TPSA) is 16.3 Å². The molecule has 68 heavy (non-hydrogen) atoms. The zero-order chi connectivity index (χ0) is 46.1. The van der Waals surface area contributed by atoms with E-state index in [1.807, 2.05) is 12.2 Å². The van der Waals surface area contributed by atoms with Crippen molar-refractivity contribution in [2.75, 3.05) is 9.80 Å².